The number of nitrogens with zero attached hydrogens (tertiary/aromatic N) is 1. The van der Waals surface area contributed by atoms with Crippen molar-refractivity contribution in [3.8, 4) is 0 Å². The van der Waals surface area contributed by atoms with E-state index in [0.29, 0.717) is 12.5 Å². The van der Waals surface area contributed by atoms with E-state index < -0.39 is 11.7 Å². The summed E-state index contributed by atoms with van der Waals surface area (Å²) in [5.41, 5.74) is 6.24. The van der Waals surface area contributed by atoms with Crippen molar-refractivity contribution in [2.45, 2.75) is 38.5 Å². The Hall–Kier alpha value is -0.780. The van der Waals surface area contributed by atoms with E-state index in [4.69, 9.17) is 5.73 Å². The van der Waals surface area contributed by atoms with Crippen LogP contribution in [-0.4, -0.2) is 24.0 Å². The Kier molecular flexibility index (Phi) is 6.50. The Morgan fingerprint density at radius 1 is 1.19 bits per heavy atom. The first-order valence-electron chi connectivity index (χ1n) is 7.00. The van der Waals surface area contributed by atoms with Crippen molar-refractivity contribution in [3.05, 3.63) is 35.4 Å². The first-order chi connectivity index (χ1) is 9.36. The van der Waals surface area contributed by atoms with E-state index in [0.717, 1.165) is 43.6 Å². The quantitative estimate of drug-likeness (QED) is 0.919. The molecule has 0 radical (unpaired) electrons. The van der Waals surface area contributed by atoms with Crippen LogP contribution in [0.5, 0.6) is 0 Å². The van der Waals surface area contributed by atoms with Gasteiger partial charge in [0.2, 0.25) is 0 Å². The number of rotatable bonds is 3. The fourth-order valence-electron chi connectivity index (χ4n) is 2.69. The van der Waals surface area contributed by atoms with Crippen LogP contribution in [0.4, 0.5) is 13.2 Å². The number of halogens is 4. The summed E-state index contributed by atoms with van der Waals surface area (Å²) in [6.45, 7) is 4.68. The molecule has 0 spiro atoms. The number of hydrogen-bond acceptors (Lipinski definition) is 2. The van der Waals surface area contributed by atoms with Gasteiger partial charge in [-0.05, 0) is 56.5 Å². The summed E-state index contributed by atoms with van der Waals surface area (Å²) in [7, 11) is 0. The zero-order chi connectivity index (χ0) is 14.8. The average molecular weight is 323 g/mol. The summed E-state index contributed by atoms with van der Waals surface area (Å²) in [6, 6.07) is 5.68. The van der Waals surface area contributed by atoms with Gasteiger partial charge in [-0.1, -0.05) is 12.1 Å². The summed E-state index contributed by atoms with van der Waals surface area (Å²) in [5.74, 6) is 0.568. The molecule has 6 heteroatoms. The van der Waals surface area contributed by atoms with Crippen molar-refractivity contribution >= 4 is 12.4 Å². The molecule has 1 aliphatic heterocycles. The molecular formula is C15H22ClF3N2. The molecule has 1 aromatic carbocycles. The average Bonchev–Trinajstić information content (AvgIpc) is 2.39. The van der Waals surface area contributed by atoms with E-state index in [1.807, 2.05) is 6.92 Å². The van der Waals surface area contributed by atoms with Gasteiger partial charge in [0.25, 0.3) is 0 Å². The molecule has 2 nitrogen and oxygen atoms in total. The number of piperidine rings is 1. The van der Waals surface area contributed by atoms with Gasteiger partial charge in [-0.2, -0.15) is 13.2 Å². The smallest absolute Gasteiger partial charge is 0.328 e. The molecule has 1 aliphatic rings. The molecule has 1 atom stereocenters. The van der Waals surface area contributed by atoms with Crippen molar-refractivity contribution in [3.63, 3.8) is 0 Å². The lowest BCUT2D eigenvalue weighted by molar-refractivity contribution is -0.137. The second kappa shape index (κ2) is 7.47. The SMILES string of the molecule is CC(N)C1CCN(Cc2ccc(C(F)(F)F)cc2)CC1.Cl. The van der Waals surface area contributed by atoms with Crippen LogP contribution >= 0.6 is 12.4 Å². The highest BCUT2D eigenvalue weighted by Gasteiger charge is 2.30. The molecule has 1 heterocycles. The predicted molar refractivity (Wildman–Crippen MR) is 80.3 cm³/mol. The van der Waals surface area contributed by atoms with Gasteiger partial charge in [0.1, 0.15) is 0 Å². The summed E-state index contributed by atoms with van der Waals surface area (Å²) in [5, 5.41) is 0. The lowest BCUT2D eigenvalue weighted by Crippen LogP contribution is -2.39. The molecule has 1 saturated heterocycles. The minimum absolute atomic E-state index is 0. The van der Waals surface area contributed by atoms with Gasteiger partial charge >= 0.3 is 6.18 Å². The van der Waals surface area contributed by atoms with Crippen molar-refractivity contribution in [2.75, 3.05) is 13.1 Å². The third kappa shape index (κ3) is 5.16. The van der Waals surface area contributed by atoms with E-state index in [2.05, 4.69) is 4.90 Å². The zero-order valence-electron chi connectivity index (χ0n) is 12.1. The maximum Gasteiger partial charge on any atom is 0.416 e. The highest BCUT2D eigenvalue weighted by Crippen LogP contribution is 2.29. The van der Waals surface area contributed by atoms with E-state index in [1.165, 1.54) is 0 Å². The van der Waals surface area contributed by atoms with Gasteiger partial charge in [-0.3, -0.25) is 4.90 Å². The molecule has 0 aromatic heterocycles. The lowest BCUT2D eigenvalue weighted by Gasteiger charge is -2.33. The Bertz CT molecular complexity index is 424. The Morgan fingerprint density at radius 2 is 1.71 bits per heavy atom. The van der Waals surface area contributed by atoms with E-state index in [9.17, 15) is 13.2 Å². The van der Waals surface area contributed by atoms with E-state index in [1.54, 1.807) is 12.1 Å². The maximum atomic E-state index is 12.5. The van der Waals surface area contributed by atoms with Crippen molar-refractivity contribution in [1.29, 1.82) is 0 Å². The predicted octanol–water partition coefficient (Wildman–Crippen LogP) is 3.69. The van der Waals surface area contributed by atoms with Crippen LogP contribution in [0, 0.1) is 5.92 Å². The molecule has 1 aromatic rings. The molecule has 0 amide bonds. The standard InChI is InChI=1S/C15H21F3N2.ClH/c1-11(19)13-6-8-20(9-7-13)10-12-2-4-14(5-3-12)15(16,17)18;/h2-5,11,13H,6-10,19H2,1H3;1H. The highest BCUT2D eigenvalue weighted by atomic mass is 35.5. The van der Waals surface area contributed by atoms with Crippen LogP contribution < -0.4 is 5.73 Å². The fourth-order valence-corrected chi connectivity index (χ4v) is 2.69. The monoisotopic (exact) mass is 322 g/mol. The first kappa shape index (κ1) is 18.3. The second-order valence-corrected chi connectivity index (χ2v) is 5.67. The van der Waals surface area contributed by atoms with Crippen molar-refractivity contribution in [2.24, 2.45) is 11.7 Å². The van der Waals surface area contributed by atoms with Gasteiger partial charge < -0.3 is 5.73 Å². The third-order valence-corrected chi connectivity index (χ3v) is 4.06. The molecule has 0 saturated carbocycles. The zero-order valence-corrected chi connectivity index (χ0v) is 12.9. The maximum absolute atomic E-state index is 12.5. The summed E-state index contributed by atoms with van der Waals surface area (Å²) in [4.78, 5) is 2.28. The molecule has 120 valence electrons. The Morgan fingerprint density at radius 3 is 2.14 bits per heavy atom. The molecule has 1 fully saturated rings. The Labute approximate surface area is 129 Å². The summed E-state index contributed by atoms with van der Waals surface area (Å²) < 4.78 is 37.4. The van der Waals surface area contributed by atoms with Gasteiger partial charge in [-0.25, -0.2) is 0 Å². The van der Waals surface area contributed by atoms with Gasteiger partial charge in [0, 0.05) is 12.6 Å². The summed E-state index contributed by atoms with van der Waals surface area (Å²) in [6.07, 6.45) is -2.12. The van der Waals surface area contributed by atoms with Crippen molar-refractivity contribution < 1.29 is 13.2 Å². The van der Waals surface area contributed by atoms with Crippen LogP contribution in [0.3, 0.4) is 0 Å². The molecule has 2 N–H and O–H groups in total. The van der Waals surface area contributed by atoms with Crippen LogP contribution in [0.15, 0.2) is 24.3 Å². The van der Waals surface area contributed by atoms with Gasteiger partial charge in [-0.15, -0.1) is 12.4 Å². The third-order valence-electron chi connectivity index (χ3n) is 4.06. The molecule has 0 aliphatic carbocycles. The van der Waals surface area contributed by atoms with Crippen LogP contribution in [0.25, 0.3) is 0 Å². The number of likely N-dealkylation sites (tertiary alicyclic amines) is 1. The van der Waals surface area contributed by atoms with E-state index in [-0.39, 0.29) is 18.4 Å². The fraction of sp³-hybridized carbons (Fsp3) is 0.600. The minimum Gasteiger partial charge on any atom is -0.328 e. The van der Waals surface area contributed by atoms with Crippen LogP contribution in [0.1, 0.15) is 30.9 Å². The number of benzene rings is 1. The van der Waals surface area contributed by atoms with Gasteiger partial charge in [0.15, 0.2) is 0 Å². The number of nitrogens with two attached hydrogens (primary N) is 1. The molecule has 2 rings (SSSR count). The number of alkyl halides is 3. The highest BCUT2D eigenvalue weighted by molar-refractivity contribution is 5.85. The van der Waals surface area contributed by atoms with Crippen molar-refractivity contribution in [1.82, 2.24) is 4.90 Å². The topological polar surface area (TPSA) is 29.3 Å². The van der Waals surface area contributed by atoms with Gasteiger partial charge in [0.05, 0.1) is 5.56 Å². The molecular weight excluding hydrogens is 301 g/mol. The van der Waals surface area contributed by atoms with E-state index >= 15 is 0 Å². The first-order valence-corrected chi connectivity index (χ1v) is 7.00. The van der Waals surface area contributed by atoms with Crippen LogP contribution in [-0.2, 0) is 12.7 Å². The number of hydrogen-bond donors (Lipinski definition) is 1. The molecule has 0 bridgehead atoms. The molecule has 1 unspecified atom stereocenters. The largest absolute Gasteiger partial charge is 0.416 e. The lowest BCUT2D eigenvalue weighted by atomic mass is 9.91. The second-order valence-electron chi connectivity index (χ2n) is 5.67. The molecule has 21 heavy (non-hydrogen) atoms. The van der Waals surface area contributed by atoms with Crippen LogP contribution in [0.2, 0.25) is 0 Å². The summed E-state index contributed by atoms with van der Waals surface area (Å²) >= 11 is 0. The Balaban J connectivity index is 0.00000220. The minimum atomic E-state index is -4.26. The normalized spacial score (nSPS) is 19.1.